The lowest BCUT2D eigenvalue weighted by Gasteiger charge is -2.33. The number of rotatable bonds is 2. The van der Waals surface area contributed by atoms with Crippen molar-refractivity contribution in [2.24, 2.45) is 0 Å². The van der Waals surface area contributed by atoms with Gasteiger partial charge in [-0.2, -0.15) is 0 Å². The maximum absolute atomic E-state index is 12.1. The van der Waals surface area contributed by atoms with E-state index < -0.39 is 0 Å². The van der Waals surface area contributed by atoms with E-state index in [1.165, 1.54) is 5.56 Å². The van der Waals surface area contributed by atoms with E-state index in [4.69, 9.17) is 0 Å². The third kappa shape index (κ3) is 2.72. The summed E-state index contributed by atoms with van der Waals surface area (Å²) >= 11 is 0. The first-order chi connectivity index (χ1) is 9.72. The summed E-state index contributed by atoms with van der Waals surface area (Å²) in [7, 11) is 0. The first kappa shape index (κ1) is 12.9. The standard InChI is InChI=1S/C17H18N2O/c1-13-9-16(7-8-18-13)19-11-15(10-17(20)12-19)14-5-3-2-4-6-14/h2-9,15H,10-12H2,1H3. The molecule has 3 rings (SSSR count). The van der Waals surface area contributed by atoms with E-state index in [0.717, 1.165) is 17.9 Å². The van der Waals surface area contributed by atoms with Gasteiger partial charge in [-0.15, -0.1) is 0 Å². The van der Waals surface area contributed by atoms with Crippen molar-refractivity contribution in [3.8, 4) is 0 Å². The van der Waals surface area contributed by atoms with Crippen LogP contribution in [0.3, 0.4) is 0 Å². The molecule has 0 saturated carbocycles. The van der Waals surface area contributed by atoms with E-state index in [9.17, 15) is 4.79 Å². The normalized spacial score (nSPS) is 19.1. The summed E-state index contributed by atoms with van der Waals surface area (Å²) in [6.07, 6.45) is 2.45. The van der Waals surface area contributed by atoms with Crippen LogP contribution in [-0.4, -0.2) is 23.9 Å². The summed E-state index contributed by atoms with van der Waals surface area (Å²) in [5.41, 5.74) is 3.32. The Balaban J connectivity index is 1.85. The predicted molar refractivity (Wildman–Crippen MR) is 80.0 cm³/mol. The highest BCUT2D eigenvalue weighted by atomic mass is 16.1. The van der Waals surface area contributed by atoms with Gasteiger partial charge in [0.2, 0.25) is 0 Å². The molecule has 1 unspecified atom stereocenters. The molecule has 1 atom stereocenters. The van der Waals surface area contributed by atoms with Crippen LogP contribution in [0.25, 0.3) is 0 Å². The molecule has 0 radical (unpaired) electrons. The van der Waals surface area contributed by atoms with Crippen molar-refractivity contribution in [1.29, 1.82) is 0 Å². The smallest absolute Gasteiger partial charge is 0.152 e. The maximum Gasteiger partial charge on any atom is 0.152 e. The number of hydrogen-bond donors (Lipinski definition) is 0. The van der Waals surface area contributed by atoms with Crippen molar-refractivity contribution in [1.82, 2.24) is 4.98 Å². The molecule has 2 heterocycles. The Morgan fingerprint density at radius 3 is 2.75 bits per heavy atom. The van der Waals surface area contributed by atoms with Crippen molar-refractivity contribution < 1.29 is 4.79 Å². The van der Waals surface area contributed by atoms with Gasteiger partial charge in [-0.05, 0) is 24.6 Å². The number of Topliss-reactive ketones (excluding diaryl/α,β-unsaturated/α-hetero) is 1. The summed E-state index contributed by atoms with van der Waals surface area (Å²) in [6.45, 7) is 3.37. The molecule has 0 aliphatic carbocycles. The second-order valence-corrected chi connectivity index (χ2v) is 5.39. The largest absolute Gasteiger partial charge is 0.363 e. The molecule has 20 heavy (non-hydrogen) atoms. The Bertz CT molecular complexity index is 609. The zero-order valence-electron chi connectivity index (χ0n) is 11.6. The highest BCUT2D eigenvalue weighted by Gasteiger charge is 2.26. The molecule has 0 spiro atoms. The molecule has 0 N–H and O–H groups in total. The number of piperidine rings is 1. The zero-order chi connectivity index (χ0) is 13.9. The lowest BCUT2D eigenvalue weighted by Crippen LogP contribution is -2.40. The Hall–Kier alpha value is -2.16. The number of ketones is 1. The molecule has 1 fully saturated rings. The van der Waals surface area contributed by atoms with Crippen LogP contribution in [0.4, 0.5) is 5.69 Å². The second-order valence-electron chi connectivity index (χ2n) is 5.39. The number of aromatic nitrogens is 1. The fourth-order valence-corrected chi connectivity index (χ4v) is 2.82. The van der Waals surface area contributed by atoms with E-state index in [-0.39, 0.29) is 5.92 Å². The van der Waals surface area contributed by atoms with Crippen LogP contribution in [0.15, 0.2) is 48.7 Å². The Morgan fingerprint density at radius 2 is 2.00 bits per heavy atom. The van der Waals surface area contributed by atoms with Crippen LogP contribution < -0.4 is 4.90 Å². The molecule has 1 aromatic carbocycles. The van der Waals surface area contributed by atoms with Gasteiger partial charge in [0.1, 0.15) is 0 Å². The van der Waals surface area contributed by atoms with Crippen molar-refractivity contribution in [2.75, 3.05) is 18.0 Å². The van der Waals surface area contributed by atoms with Gasteiger partial charge in [-0.3, -0.25) is 9.78 Å². The lowest BCUT2D eigenvalue weighted by molar-refractivity contribution is -0.118. The number of pyridine rings is 1. The minimum Gasteiger partial charge on any atom is -0.363 e. The van der Waals surface area contributed by atoms with Crippen LogP contribution in [0.2, 0.25) is 0 Å². The van der Waals surface area contributed by atoms with Crippen molar-refractivity contribution in [3.05, 3.63) is 59.9 Å². The maximum atomic E-state index is 12.1. The number of anilines is 1. The van der Waals surface area contributed by atoms with E-state index in [0.29, 0.717) is 18.7 Å². The van der Waals surface area contributed by atoms with Crippen LogP contribution in [0, 0.1) is 6.92 Å². The topological polar surface area (TPSA) is 33.2 Å². The molecule has 102 valence electrons. The Kier molecular flexibility index (Phi) is 3.50. The van der Waals surface area contributed by atoms with Crippen LogP contribution >= 0.6 is 0 Å². The summed E-state index contributed by atoms with van der Waals surface area (Å²) in [5.74, 6) is 0.588. The Labute approximate surface area is 119 Å². The minimum atomic E-state index is 0.283. The fraction of sp³-hybridized carbons (Fsp3) is 0.294. The van der Waals surface area contributed by atoms with Gasteiger partial charge in [-0.1, -0.05) is 30.3 Å². The average molecular weight is 266 g/mol. The van der Waals surface area contributed by atoms with E-state index >= 15 is 0 Å². The number of aryl methyl sites for hydroxylation is 1. The first-order valence-corrected chi connectivity index (χ1v) is 6.96. The summed E-state index contributed by atoms with van der Waals surface area (Å²) < 4.78 is 0. The lowest BCUT2D eigenvalue weighted by atomic mass is 9.90. The summed E-state index contributed by atoms with van der Waals surface area (Å²) in [5, 5.41) is 0. The van der Waals surface area contributed by atoms with E-state index in [2.05, 4.69) is 22.0 Å². The molecular weight excluding hydrogens is 248 g/mol. The molecule has 3 heteroatoms. The molecule has 1 saturated heterocycles. The van der Waals surface area contributed by atoms with Crippen LogP contribution in [0.1, 0.15) is 23.6 Å². The average Bonchev–Trinajstić information content (AvgIpc) is 2.47. The van der Waals surface area contributed by atoms with Crippen molar-refractivity contribution >= 4 is 11.5 Å². The zero-order valence-corrected chi connectivity index (χ0v) is 11.6. The summed E-state index contributed by atoms with van der Waals surface area (Å²) in [4.78, 5) is 18.4. The van der Waals surface area contributed by atoms with Gasteiger partial charge in [0.15, 0.2) is 5.78 Å². The quantitative estimate of drug-likeness (QED) is 0.838. The molecule has 1 aromatic heterocycles. The van der Waals surface area contributed by atoms with Gasteiger partial charge in [-0.25, -0.2) is 0 Å². The Morgan fingerprint density at radius 1 is 1.20 bits per heavy atom. The second kappa shape index (κ2) is 5.45. The van der Waals surface area contributed by atoms with Crippen molar-refractivity contribution in [2.45, 2.75) is 19.3 Å². The van der Waals surface area contributed by atoms with E-state index in [1.807, 2.05) is 37.3 Å². The van der Waals surface area contributed by atoms with Crippen molar-refractivity contribution in [3.63, 3.8) is 0 Å². The summed E-state index contributed by atoms with van der Waals surface area (Å²) in [6, 6.07) is 14.3. The number of nitrogens with zero attached hydrogens (tertiary/aromatic N) is 2. The molecule has 3 nitrogen and oxygen atoms in total. The highest BCUT2D eigenvalue weighted by molar-refractivity contribution is 5.85. The molecule has 2 aromatic rings. The molecule has 1 aliphatic rings. The molecular formula is C17H18N2O. The first-order valence-electron chi connectivity index (χ1n) is 6.96. The highest BCUT2D eigenvalue weighted by Crippen LogP contribution is 2.28. The molecule has 1 aliphatic heterocycles. The predicted octanol–water partition coefficient (Wildman–Crippen LogP) is 2.95. The number of carbonyl (C=O) groups excluding carboxylic acids is 1. The fourth-order valence-electron chi connectivity index (χ4n) is 2.82. The van der Waals surface area contributed by atoms with Gasteiger partial charge in [0.05, 0.1) is 6.54 Å². The van der Waals surface area contributed by atoms with E-state index in [1.54, 1.807) is 6.20 Å². The molecule has 0 amide bonds. The monoisotopic (exact) mass is 266 g/mol. The number of hydrogen-bond acceptors (Lipinski definition) is 3. The third-order valence-electron chi connectivity index (χ3n) is 3.80. The third-order valence-corrected chi connectivity index (χ3v) is 3.80. The van der Waals surface area contributed by atoms with Gasteiger partial charge in [0.25, 0.3) is 0 Å². The van der Waals surface area contributed by atoms with Gasteiger partial charge < -0.3 is 4.90 Å². The van der Waals surface area contributed by atoms with Gasteiger partial charge in [0, 0.05) is 36.5 Å². The minimum absolute atomic E-state index is 0.283. The van der Waals surface area contributed by atoms with Gasteiger partial charge >= 0.3 is 0 Å². The SMILES string of the molecule is Cc1cc(N2CC(=O)CC(c3ccccc3)C2)ccn1. The number of carbonyl (C=O) groups is 1. The number of benzene rings is 1. The molecule has 0 bridgehead atoms. The van der Waals surface area contributed by atoms with Crippen LogP contribution in [0.5, 0.6) is 0 Å². The van der Waals surface area contributed by atoms with Crippen LogP contribution in [-0.2, 0) is 4.79 Å².